The Morgan fingerprint density at radius 3 is 2.60 bits per heavy atom. The molecule has 0 saturated carbocycles. The Morgan fingerprint density at radius 2 is 1.96 bits per heavy atom. The zero-order chi connectivity index (χ0) is 18.1. The summed E-state index contributed by atoms with van der Waals surface area (Å²) in [5, 5.41) is 11.0. The quantitative estimate of drug-likeness (QED) is 0.441. The largest absolute Gasteiger partial charge is 0.357 e. The first-order valence-electron chi connectivity index (χ1n) is 9.06. The van der Waals surface area contributed by atoms with Gasteiger partial charge in [-0.2, -0.15) is 5.10 Å². The van der Waals surface area contributed by atoms with Crippen LogP contribution >= 0.6 is 0 Å². The molecule has 5 nitrogen and oxygen atoms in total. The third kappa shape index (κ3) is 6.25. The van der Waals surface area contributed by atoms with E-state index >= 15 is 0 Å². The molecule has 5 heteroatoms. The van der Waals surface area contributed by atoms with Gasteiger partial charge in [0.15, 0.2) is 5.96 Å². The molecule has 0 unspecified atom stereocenters. The molecule has 1 aromatic heterocycles. The van der Waals surface area contributed by atoms with Crippen molar-refractivity contribution >= 4 is 5.96 Å². The molecule has 0 aliphatic carbocycles. The maximum atomic E-state index is 4.79. The second kappa shape index (κ2) is 9.25. The number of benzene rings is 1. The van der Waals surface area contributed by atoms with Crippen molar-refractivity contribution in [1.29, 1.82) is 0 Å². The second-order valence-electron chi connectivity index (χ2n) is 7.00. The number of aryl methyl sites for hydroxylation is 2. The predicted molar refractivity (Wildman–Crippen MR) is 105 cm³/mol. The zero-order valence-electron chi connectivity index (χ0n) is 15.9. The normalized spacial score (nSPS) is 12.2. The van der Waals surface area contributed by atoms with Crippen LogP contribution in [-0.4, -0.2) is 35.4 Å². The van der Waals surface area contributed by atoms with Crippen molar-refractivity contribution in [2.45, 2.75) is 39.0 Å². The summed E-state index contributed by atoms with van der Waals surface area (Å²) in [6.45, 7) is 9.06. The zero-order valence-corrected chi connectivity index (χ0v) is 15.9. The van der Waals surface area contributed by atoms with Crippen LogP contribution < -0.4 is 10.6 Å². The summed E-state index contributed by atoms with van der Waals surface area (Å²) >= 11 is 0. The molecule has 0 fully saturated rings. The highest BCUT2D eigenvalue weighted by Crippen LogP contribution is 2.22. The van der Waals surface area contributed by atoms with E-state index in [0.717, 1.165) is 38.4 Å². The number of hydrogen-bond acceptors (Lipinski definition) is 2. The summed E-state index contributed by atoms with van der Waals surface area (Å²) in [7, 11) is 1.95. The van der Waals surface area contributed by atoms with Gasteiger partial charge in [-0.3, -0.25) is 9.67 Å². The van der Waals surface area contributed by atoms with E-state index in [2.05, 4.69) is 73.0 Å². The predicted octanol–water partition coefficient (Wildman–Crippen LogP) is 2.89. The molecular weight excluding hydrogens is 310 g/mol. The van der Waals surface area contributed by atoms with E-state index in [1.807, 2.05) is 17.9 Å². The third-order valence-corrected chi connectivity index (χ3v) is 4.22. The Hall–Kier alpha value is -2.30. The SMILES string of the molecule is CCNC(=NCC(C)(C)c1ccccc1)NCCCc1cnn(C)c1. The van der Waals surface area contributed by atoms with Gasteiger partial charge in [0.05, 0.1) is 12.7 Å². The fourth-order valence-corrected chi connectivity index (χ4v) is 2.70. The fourth-order valence-electron chi connectivity index (χ4n) is 2.70. The van der Waals surface area contributed by atoms with Crippen molar-refractivity contribution in [3.63, 3.8) is 0 Å². The van der Waals surface area contributed by atoms with E-state index in [4.69, 9.17) is 4.99 Å². The lowest BCUT2D eigenvalue weighted by molar-refractivity contribution is 0.537. The van der Waals surface area contributed by atoms with Gasteiger partial charge >= 0.3 is 0 Å². The van der Waals surface area contributed by atoms with Gasteiger partial charge in [0.25, 0.3) is 0 Å². The number of hydrogen-bond donors (Lipinski definition) is 2. The molecule has 2 N–H and O–H groups in total. The molecule has 1 heterocycles. The lowest BCUT2D eigenvalue weighted by atomic mass is 9.85. The average Bonchev–Trinajstić information content (AvgIpc) is 3.02. The molecule has 0 aliphatic heterocycles. The van der Waals surface area contributed by atoms with Gasteiger partial charge in [0, 0.05) is 31.7 Å². The Morgan fingerprint density at radius 1 is 1.20 bits per heavy atom. The van der Waals surface area contributed by atoms with Crippen LogP contribution in [0.5, 0.6) is 0 Å². The number of nitrogens with one attached hydrogen (secondary N) is 2. The van der Waals surface area contributed by atoms with E-state index in [-0.39, 0.29) is 5.41 Å². The Kier molecular flexibility index (Phi) is 7.04. The standard InChI is InChI=1S/C20H31N5/c1-5-21-19(22-13-9-10-17-14-24-25(4)15-17)23-16-20(2,3)18-11-7-6-8-12-18/h6-8,11-12,14-15H,5,9-10,13,16H2,1-4H3,(H2,21,22,23). The monoisotopic (exact) mass is 341 g/mol. The molecule has 0 saturated heterocycles. The van der Waals surface area contributed by atoms with Gasteiger partial charge in [-0.1, -0.05) is 44.2 Å². The smallest absolute Gasteiger partial charge is 0.191 e. The number of aromatic nitrogens is 2. The molecular formula is C20H31N5. The van der Waals surface area contributed by atoms with Crippen molar-refractivity contribution in [1.82, 2.24) is 20.4 Å². The summed E-state index contributed by atoms with van der Waals surface area (Å²) in [5.41, 5.74) is 2.60. The molecule has 0 bridgehead atoms. The van der Waals surface area contributed by atoms with Gasteiger partial charge in [0.2, 0.25) is 0 Å². The fraction of sp³-hybridized carbons (Fsp3) is 0.500. The van der Waals surface area contributed by atoms with Crippen LogP contribution in [0.1, 0.15) is 38.3 Å². The highest BCUT2D eigenvalue weighted by Gasteiger charge is 2.19. The molecule has 1 aromatic carbocycles. The van der Waals surface area contributed by atoms with E-state index < -0.39 is 0 Å². The van der Waals surface area contributed by atoms with E-state index in [9.17, 15) is 0 Å². The minimum atomic E-state index is 0.0132. The minimum absolute atomic E-state index is 0.0132. The number of rotatable bonds is 8. The van der Waals surface area contributed by atoms with Crippen LogP contribution in [0.3, 0.4) is 0 Å². The van der Waals surface area contributed by atoms with Crippen molar-refractivity contribution < 1.29 is 0 Å². The van der Waals surface area contributed by atoms with Crippen LogP contribution in [0.15, 0.2) is 47.7 Å². The number of aliphatic imine (C=N–C) groups is 1. The molecule has 0 atom stereocenters. The highest BCUT2D eigenvalue weighted by atomic mass is 15.2. The van der Waals surface area contributed by atoms with Gasteiger partial charge in [-0.05, 0) is 30.9 Å². The molecule has 136 valence electrons. The first-order chi connectivity index (χ1) is 12.0. The summed E-state index contributed by atoms with van der Waals surface area (Å²) < 4.78 is 1.85. The average molecular weight is 342 g/mol. The first-order valence-corrected chi connectivity index (χ1v) is 9.06. The van der Waals surface area contributed by atoms with Crippen molar-refractivity contribution in [2.75, 3.05) is 19.6 Å². The number of guanidine groups is 1. The Balaban J connectivity index is 1.85. The van der Waals surface area contributed by atoms with Gasteiger partial charge in [-0.25, -0.2) is 0 Å². The Bertz CT molecular complexity index is 658. The molecule has 0 amide bonds. The number of nitrogens with zero attached hydrogens (tertiary/aromatic N) is 3. The maximum Gasteiger partial charge on any atom is 0.191 e. The molecule has 0 aliphatic rings. The Labute approximate surface area is 151 Å². The van der Waals surface area contributed by atoms with Crippen molar-refractivity contribution in [2.24, 2.45) is 12.0 Å². The molecule has 2 aromatic rings. The van der Waals surface area contributed by atoms with Crippen molar-refractivity contribution in [3.8, 4) is 0 Å². The van der Waals surface area contributed by atoms with Gasteiger partial charge < -0.3 is 10.6 Å². The van der Waals surface area contributed by atoms with Crippen LogP contribution in [0.4, 0.5) is 0 Å². The van der Waals surface area contributed by atoms with Crippen LogP contribution in [0.25, 0.3) is 0 Å². The summed E-state index contributed by atoms with van der Waals surface area (Å²) in [6.07, 6.45) is 6.08. The first kappa shape index (κ1) is 19.0. The minimum Gasteiger partial charge on any atom is -0.357 e. The molecule has 2 rings (SSSR count). The lowest BCUT2D eigenvalue weighted by Crippen LogP contribution is -2.39. The third-order valence-electron chi connectivity index (χ3n) is 4.22. The van der Waals surface area contributed by atoms with Gasteiger partial charge in [0.1, 0.15) is 0 Å². The van der Waals surface area contributed by atoms with Crippen molar-refractivity contribution in [3.05, 3.63) is 53.9 Å². The molecule has 0 radical (unpaired) electrons. The highest BCUT2D eigenvalue weighted by molar-refractivity contribution is 5.79. The van der Waals surface area contributed by atoms with Crippen LogP contribution in [0, 0.1) is 0 Å². The van der Waals surface area contributed by atoms with E-state index in [1.165, 1.54) is 11.1 Å². The summed E-state index contributed by atoms with van der Waals surface area (Å²) in [6, 6.07) is 10.6. The maximum absolute atomic E-state index is 4.79. The van der Waals surface area contributed by atoms with Crippen LogP contribution in [-0.2, 0) is 18.9 Å². The van der Waals surface area contributed by atoms with E-state index in [1.54, 1.807) is 0 Å². The second-order valence-corrected chi connectivity index (χ2v) is 7.00. The molecule has 0 spiro atoms. The summed E-state index contributed by atoms with van der Waals surface area (Å²) in [5.74, 6) is 0.887. The topological polar surface area (TPSA) is 54.2 Å². The van der Waals surface area contributed by atoms with E-state index in [0.29, 0.717) is 0 Å². The van der Waals surface area contributed by atoms with Gasteiger partial charge in [-0.15, -0.1) is 0 Å². The lowest BCUT2D eigenvalue weighted by Gasteiger charge is -2.24. The summed E-state index contributed by atoms with van der Waals surface area (Å²) in [4.78, 5) is 4.79. The van der Waals surface area contributed by atoms with Crippen LogP contribution in [0.2, 0.25) is 0 Å². The molecule has 25 heavy (non-hydrogen) atoms.